The first-order valence-corrected chi connectivity index (χ1v) is 18.6. The van der Waals surface area contributed by atoms with Crippen molar-refractivity contribution >= 4 is 27.0 Å². The molecule has 1 aliphatic carbocycles. The molecule has 256 valence electrons. The summed E-state index contributed by atoms with van der Waals surface area (Å²) in [5, 5.41) is 5.47. The zero-order chi connectivity index (χ0) is 33.6. The molecule has 4 aromatic rings. The summed E-state index contributed by atoms with van der Waals surface area (Å²) in [6.07, 6.45) is 9.72. The van der Waals surface area contributed by atoms with E-state index >= 15 is 0 Å². The summed E-state index contributed by atoms with van der Waals surface area (Å²) in [4.78, 5) is 18.3. The van der Waals surface area contributed by atoms with Crippen molar-refractivity contribution in [3.05, 3.63) is 71.0 Å². The van der Waals surface area contributed by atoms with Crippen LogP contribution in [0.2, 0.25) is 0 Å². The number of hydrogen-bond acceptors (Lipinski definition) is 7. The number of likely N-dealkylation sites (N-methyl/N-ethyl adjacent to an activating group) is 2. The third-order valence-corrected chi connectivity index (χ3v) is 12.0. The summed E-state index contributed by atoms with van der Waals surface area (Å²) >= 11 is 0. The van der Waals surface area contributed by atoms with Gasteiger partial charge in [0.05, 0.1) is 17.9 Å². The molecule has 2 aromatic heterocycles. The van der Waals surface area contributed by atoms with Crippen LogP contribution in [0.5, 0.6) is 5.75 Å². The van der Waals surface area contributed by atoms with Gasteiger partial charge in [0.15, 0.2) is 0 Å². The van der Waals surface area contributed by atoms with Crippen molar-refractivity contribution in [2.45, 2.75) is 64.1 Å². The molecule has 0 radical (unpaired) electrons. The van der Waals surface area contributed by atoms with Crippen LogP contribution in [-0.4, -0.2) is 95.7 Å². The van der Waals surface area contributed by atoms with Gasteiger partial charge in [-0.25, -0.2) is 4.72 Å². The maximum Gasteiger partial charge on any atom is 0.303 e. The molecule has 2 aliphatic heterocycles. The second-order valence-electron chi connectivity index (χ2n) is 13.9. The Morgan fingerprint density at radius 1 is 1.00 bits per heavy atom. The van der Waals surface area contributed by atoms with Crippen molar-refractivity contribution in [3.8, 4) is 17.0 Å². The molecule has 1 atom stereocenters. The largest absolute Gasteiger partial charge is 0.491 e. The fourth-order valence-electron chi connectivity index (χ4n) is 7.76. The third-order valence-electron chi connectivity index (χ3n) is 10.6. The highest BCUT2D eigenvalue weighted by molar-refractivity contribution is 7.87. The van der Waals surface area contributed by atoms with E-state index in [1.807, 2.05) is 31.6 Å². The van der Waals surface area contributed by atoms with Crippen molar-refractivity contribution in [3.63, 3.8) is 0 Å². The lowest BCUT2D eigenvalue weighted by molar-refractivity contribution is 0.0978. The molecule has 1 fully saturated rings. The van der Waals surface area contributed by atoms with E-state index in [1.54, 1.807) is 10.7 Å². The van der Waals surface area contributed by atoms with Gasteiger partial charge in [-0.2, -0.15) is 17.8 Å². The number of aromatic nitrogens is 3. The van der Waals surface area contributed by atoms with Crippen LogP contribution in [0.1, 0.15) is 65.1 Å². The van der Waals surface area contributed by atoms with Gasteiger partial charge < -0.3 is 9.30 Å². The van der Waals surface area contributed by atoms with E-state index in [4.69, 9.17) is 4.74 Å². The molecule has 3 aliphatic rings. The number of ether oxygens (including phenoxy) is 1. The lowest BCUT2D eigenvalue weighted by Crippen LogP contribution is -2.47. The van der Waals surface area contributed by atoms with Crippen LogP contribution >= 0.6 is 0 Å². The molecule has 0 spiro atoms. The molecule has 4 heterocycles. The van der Waals surface area contributed by atoms with E-state index in [0.717, 1.165) is 58.4 Å². The Bertz CT molecular complexity index is 1930. The number of fused-ring (bicyclic) bond motifs is 4. The Labute approximate surface area is 283 Å². The fraction of sp³-hybridized carbons (Fsp3) is 0.500. The lowest BCUT2D eigenvalue weighted by Gasteiger charge is -2.34. The Hall–Kier alpha value is -3.71. The van der Waals surface area contributed by atoms with Crippen LogP contribution in [0, 0.1) is 6.92 Å². The van der Waals surface area contributed by atoms with E-state index in [-0.39, 0.29) is 12.6 Å². The van der Waals surface area contributed by atoms with Crippen LogP contribution in [-0.2, 0) is 30.3 Å². The minimum atomic E-state index is -4.07. The van der Waals surface area contributed by atoms with Crippen LogP contribution in [0.25, 0.3) is 22.2 Å². The van der Waals surface area contributed by atoms with Crippen molar-refractivity contribution in [2.24, 2.45) is 7.05 Å². The number of nitrogens with zero attached hydrogens (tertiary/aromatic N) is 6. The van der Waals surface area contributed by atoms with Gasteiger partial charge in [0, 0.05) is 87.2 Å². The number of amides is 1. The quantitative estimate of drug-likeness (QED) is 0.341. The number of carbonyl (C=O) groups excluding carboxylic acids is 1. The summed E-state index contributed by atoms with van der Waals surface area (Å²) in [5.74, 6) is 0.679. The highest BCUT2D eigenvalue weighted by atomic mass is 32.2. The van der Waals surface area contributed by atoms with Gasteiger partial charge in [-0.1, -0.05) is 37.5 Å². The molecule has 12 heteroatoms. The maximum absolute atomic E-state index is 13.6. The summed E-state index contributed by atoms with van der Waals surface area (Å²) in [6.45, 7) is 6.14. The smallest absolute Gasteiger partial charge is 0.303 e. The first kappa shape index (κ1) is 32.8. The molecule has 2 aromatic carbocycles. The molecule has 1 amide bonds. The van der Waals surface area contributed by atoms with Crippen LogP contribution in [0.3, 0.4) is 0 Å². The minimum absolute atomic E-state index is 0.0555. The van der Waals surface area contributed by atoms with Gasteiger partial charge in [0.25, 0.3) is 5.91 Å². The fourth-order valence-corrected chi connectivity index (χ4v) is 8.59. The van der Waals surface area contributed by atoms with Crippen molar-refractivity contribution in [2.75, 3.05) is 46.9 Å². The Balaban J connectivity index is 1.38. The first-order chi connectivity index (χ1) is 23.1. The molecule has 0 saturated heterocycles. The molecule has 7 rings (SSSR count). The maximum atomic E-state index is 13.6. The second kappa shape index (κ2) is 13.3. The van der Waals surface area contributed by atoms with Gasteiger partial charge >= 0.3 is 10.2 Å². The average Bonchev–Trinajstić information content (AvgIpc) is 3.62. The third kappa shape index (κ3) is 6.38. The number of para-hydroxylation sites is 1. The molecular weight excluding hydrogens is 627 g/mol. The van der Waals surface area contributed by atoms with E-state index in [1.165, 1.54) is 36.2 Å². The zero-order valence-corrected chi connectivity index (χ0v) is 29.3. The SMILES string of the molecule is Cc1cccc2c1OC[C@H]1Cn3c-2c(C2CCCCC2)c2ccc(cc23)C(=O)NS(=O)(=O)N(C)CCN(Cc2cnn(C)c2)CCN1C. The molecule has 48 heavy (non-hydrogen) atoms. The van der Waals surface area contributed by atoms with Gasteiger partial charge in [-0.3, -0.25) is 19.3 Å². The summed E-state index contributed by atoms with van der Waals surface area (Å²) in [7, 11) is 1.50. The molecule has 11 nitrogen and oxygen atoms in total. The number of carbonyl (C=O) groups is 1. The van der Waals surface area contributed by atoms with E-state index in [0.29, 0.717) is 44.3 Å². The molecule has 1 N–H and O–H groups in total. The summed E-state index contributed by atoms with van der Waals surface area (Å²) in [5.41, 5.74) is 7.01. The van der Waals surface area contributed by atoms with Crippen LogP contribution in [0.4, 0.5) is 0 Å². The van der Waals surface area contributed by atoms with E-state index in [2.05, 4.69) is 56.4 Å². The first-order valence-electron chi connectivity index (χ1n) is 17.2. The molecular formula is C36H47N7O4S. The number of nitrogens with one attached hydrogen (secondary N) is 1. The van der Waals surface area contributed by atoms with Crippen LogP contribution in [0.15, 0.2) is 48.8 Å². The summed E-state index contributed by atoms with van der Waals surface area (Å²) < 4.78 is 41.3. The van der Waals surface area contributed by atoms with Gasteiger partial charge in [-0.05, 0) is 62.1 Å². The predicted octanol–water partition coefficient (Wildman–Crippen LogP) is 4.51. The second-order valence-corrected chi connectivity index (χ2v) is 15.7. The average molecular weight is 674 g/mol. The van der Waals surface area contributed by atoms with Crippen LogP contribution < -0.4 is 9.46 Å². The van der Waals surface area contributed by atoms with E-state index < -0.39 is 16.1 Å². The molecule has 1 saturated carbocycles. The standard InChI is InChI=1S/C36H47N7O4S/c1-25-9-8-12-31-34-33(27-10-6-5-7-11-27)30-14-13-28-19-32(30)43(34)23-29(24-47-35(25)31)39(2)15-17-42(22-26-20-37-40(3)21-26)18-16-41(4)48(45,46)38-36(28)44/h8-9,12-14,19-21,27,29H,5-7,10-11,15-18,22-24H2,1-4H3,(H,38,44)/t29-/m1/s1. The highest BCUT2D eigenvalue weighted by Gasteiger charge is 2.33. The lowest BCUT2D eigenvalue weighted by atomic mass is 9.81. The van der Waals surface area contributed by atoms with Crippen molar-refractivity contribution in [1.29, 1.82) is 0 Å². The van der Waals surface area contributed by atoms with E-state index in [9.17, 15) is 13.2 Å². The molecule has 4 bridgehead atoms. The Kier molecular flexibility index (Phi) is 9.10. The predicted molar refractivity (Wildman–Crippen MR) is 187 cm³/mol. The number of benzene rings is 2. The minimum Gasteiger partial charge on any atom is -0.491 e. The topological polar surface area (TPSA) is 105 Å². The number of hydrogen-bond donors (Lipinski definition) is 1. The molecule has 0 unspecified atom stereocenters. The van der Waals surface area contributed by atoms with Crippen molar-refractivity contribution in [1.82, 2.24) is 33.2 Å². The summed E-state index contributed by atoms with van der Waals surface area (Å²) in [6, 6.07) is 12.2. The number of rotatable bonds is 3. The van der Waals surface area contributed by atoms with Gasteiger partial charge in [-0.15, -0.1) is 0 Å². The van der Waals surface area contributed by atoms with Gasteiger partial charge in [0.1, 0.15) is 12.4 Å². The Morgan fingerprint density at radius 2 is 1.79 bits per heavy atom. The van der Waals surface area contributed by atoms with Crippen molar-refractivity contribution < 1.29 is 17.9 Å². The monoisotopic (exact) mass is 673 g/mol. The zero-order valence-electron chi connectivity index (χ0n) is 28.5. The van der Waals surface area contributed by atoms with Gasteiger partial charge in [0.2, 0.25) is 0 Å². The number of aryl methyl sites for hydroxylation is 2. The highest BCUT2D eigenvalue weighted by Crippen LogP contribution is 2.47. The Morgan fingerprint density at radius 3 is 2.56 bits per heavy atom. The normalized spacial score (nSPS) is 21.9.